The minimum absolute atomic E-state index is 0.194. The highest BCUT2D eigenvalue weighted by molar-refractivity contribution is 7.14. The van der Waals surface area contributed by atoms with Crippen LogP contribution < -0.4 is 0 Å². The molecule has 0 N–H and O–H groups in total. The van der Waals surface area contributed by atoms with E-state index in [0.717, 1.165) is 69.7 Å². The lowest BCUT2D eigenvalue weighted by atomic mass is 9.97. The fourth-order valence-corrected chi connectivity index (χ4v) is 6.03. The predicted octanol–water partition coefficient (Wildman–Crippen LogP) is 5.33. The Labute approximate surface area is 216 Å². The number of carbonyl (C=O) groups excluding carboxylic acids is 1. The summed E-state index contributed by atoms with van der Waals surface area (Å²) < 4.78 is 39.9. The fraction of sp³-hybridized carbons (Fsp3) is 0.462. The zero-order valence-corrected chi connectivity index (χ0v) is 21.3. The van der Waals surface area contributed by atoms with Gasteiger partial charge in [-0.25, -0.2) is 4.98 Å². The summed E-state index contributed by atoms with van der Waals surface area (Å²) in [6.45, 7) is 2.84. The van der Waals surface area contributed by atoms with Crippen molar-refractivity contribution in [3.63, 3.8) is 0 Å². The molecule has 0 saturated carbocycles. The third-order valence-electron chi connectivity index (χ3n) is 6.81. The van der Waals surface area contributed by atoms with Gasteiger partial charge >= 0.3 is 6.18 Å². The van der Waals surface area contributed by atoms with Gasteiger partial charge in [-0.15, -0.1) is 11.3 Å². The van der Waals surface area contributed by atoms with Gasteiger partial charge in [0.05, 0.1) is 21.3 Å². The van der Waals surface area contributed by atoms with E-state index >= 15 is 0 Å². The third kappa shape index (κ3) is 5.87. The number of benzene rings is 1. The van der Waals surface area contributed by atoms with E-state index in [4.69, 9.17) is 9.82 Å². The fourth-order valence-electron chi connectivity index (χ4n) is 4.74. The molecule has 1 amide bonds. The van der Waals surface area contributed by atoms with Crippen molar-refractivity contribution in [2.75, 3.05) is 13.1 Å². The lowest BCUT2D eigenvalue weighted by molar-refractivity contribution is -0.142. The lowest BCUT2D eigenvalue weighted by Gasteiger charge is -2.31. The molecule has 3 heterocycles. The maximum atomic E-state index is 12.9. The van der Waals surface area contributed by atoms with E-state index in [1.807, 2.05) is 30.3 Å². The first-order valence-electron chi connectivity index (χ1n) is 12.4. The van der Waals surface area contributed by atoms with E-state index in [0.29, 0.717) is 25.4 Å². The normalized spacial score (nSPS) is 17.7. The second kappa shape index (κ2) is 10.6. The Bertz CT molecular complexity index is 1280. The first-order chi connectivity index (χ1) is 17.8. The summed E-state index contributed by atoms with van der Waals surface area (Å²) in [4.78, 5) is 26.1. The minimum Gasteiger partial charge on any atom is -0.391 e. The highest BCUT2D eigenvalue weighted by Gasteiger charge is 2.35. The second-order valence-electron chi connectivity index (χ2n) is 9.46. The van der Waals surface area contributed by atoms with Crippen LogP contribution in [0.2, 0.25) is 0 Å². The van der Waals surface area contributed by atoms with Crippen molar-refractivity contribution in [3.05, 3.63) is 68.9 Å². The molecule has 5 rings (SSSR count). The molecule has 1 saturated heterocycles. The average molecular weight is 532 g/mol. The van der Waals surface area contributed by atoms with Gasteiger partial charge in [0.25, 0.3) is 0 Å². The van der Waals surface area contributed by atoms with E-state index in [1.165, 1.54) is 6.92 Å². The van der Waals surface area contributed by atoms with Crippen LogP contribution in [0.1, 0.15) is 64.1 Å². The van der Waals surface area contributed by atoms with Gasteiger partial charge in [-0.2, -0.15) is 18.3 Å². The van der Waals surface area contributed by atoms with Crippen LogP contribution in [0.4, 0.5) is 13.2 Å². The molecule has 0 unspecified atom stereocenters. The van der Waals surface area contributed by atoms with Crippen molar-refractivity contribution in [1.29, 1.82) is 0 Å². The van der Waals surface area contributed by atoms with Crippen LogP contribution >= 0.6 is 11.3 Å². The monoisotopic (exact) mass is 531 g/mol. The number of alkyl halides is 3. The standard InChI is InChI=1S/C26H28F3N5O2S/c1-17-14-22(26(27,28)29)31-34(17)15-23(35)33-12-10-19(11-13-33)25-30-20-8-5-9-21(24(20)37-25)32-36-16-18-6-3-2-4-7-18/h2-4,6-7,14,19H,5,8-13,15-16H2,1H3. The summed E-state index contributed by atoms with van der Waals surface area (Å²) in [7, 11) is 0. The second-order valence-corrected chi connectivity index (χ2v) is 10.5. The number of thiazole rings is 1. The molecule has 1 fully saturated rings. The Morgan fingerprint density at radius 3 is 2.65 bits per heavy atom. The molecule has 0 spiro atoms. The molecule has 0 atom stereocenters. The molecule has 2 aromatic heterocycles. The average Bonchev–Trinajstić information content (AvgIpc) is 3.49. The maximum Gasteiger partial charge on any atom is 0.435 e. The number of nitrogens with zero attached hydrogens (tertiary/aromatic N) is 5. The van der Waals surface area contributed by atoms with Crippen molar-refractivity contribution >= 4 is 23.0 Å². The molecule has 7 nitrogen and oxygen atoms in total. The molecular formula is C26H28F3N5O2S. The maximum absolute atomic E-state index is 12.9. The quantitative estimate of drug-likeness (QED) is 0.403. The molecule has 0 radical (unpaired) electrons. The summed E-state index contributed by atoms with van der Waals surface area (Å²) in [6, 6.07) is 10.9. The molecule has 11 heteroatoms. The number of halogens is 3. The zero-order chi connectivity index (χ0) is 26.0. The van der Waals surface area contributed by atoms with Gasteiger partial charge in [0, 0.05) is 24.7 Å². The van der Waals surface area contributed by atoms with Crippen LogP contribution in [0.3, 0.4) is 0 Å². The van der Waals surface area contributed by atoms with Gasteiger partial charge in [0.2, 0.25) is 5.91 Å². The van der Waals surface area contributed by atoms with E-state index < -0.39 is 11.9 Å². The van der Waals surface area contributed by atoms with E-state index in [9.17, 15) is 18.0 Å². The van der Waals surface area contributed by atoms with Gasteiger partial charge in [-0.3, -0.25) is 9.48 Å². The van der Waals surface area contributed by atoms with Crippen LogP contribution in [0.15, 0.2) is 41.6 Å². The molecule has 2 aliphatic rings. The Balaban J connectivity index is 1.18. The summed E-state index contributed by atoms with van der Waals surface area (Å²) in [6.07, 6.45) is -0.228. The molecule has 37 heavy (non-hydrogen) atoms. The lowest BCUT2D eigenvalue weighted by Crippen LogP contribution is -2.40. The van der Waals surface area contributed by atoms with Crippen molar-refractivity contribution in [2.24, 2.45) is 5.16 Å². The van der Waals surface area contributed by atoms with Gasteiger partial charge in [-0.1, -0.05) is 35.5 Å². The van der Waals surface area contributed by atoms with Crippen LogP contribution in [0.5, 0.6) is 0 Å². The molecule has 196 valence electrons. The summed E-state index contributed by atoms with van der Waals surface area (Å²) in [5.41, 5.74) is 2.42. The highest BCUT2D eigenvalue weighted by Crippen LogP contribution is 2.36. The SMILES string of the molecule is Cc1cc(C(F)(F)F)nn1CC(=O)N1CCC(c2nc3c(s2)C(=NOCc2ccccc2)CCC3)CC1. The number of piperidine rings is 1. The van der Waals surface area contributed by atoms with Crippen molar-refractivity contribution < 1.29 is 22.8 Å². The van der Waals surface area contributed by atoms with E-state index in [1.54, 1.807) is 16.2 Å². The predicted molar refractivity (Wildman–Crippen MR) is 133 cm³/mol. The van der Waals surface area contributed by atoms with Gasteiger partial charge in [-0.05, 0) is 50.7 Å². The molecule has 1 aromatic carbocycles. The van der Waals surface area contributed by atoms with Gasteiger partial charge < -0.3 is 9.74 Å². The first-order valence-corrected chi connectivity index (χ1v) is 13.2. The Hall–Kier alpha value is -3.21. The first kappa shape index (κ1) is 25.4. The Morgan fingerprint density at radius 2 is 1.95 bits per heavy atom. The number of fused-ring (bicyclic) bond motifs is 1. The van der Waals surface area contributed by atoms with E-state index in [2.05, 4.69) is 10.3 Å². The number of amides is 1. The highest BCUT2D eigenvalue weighted by atomic mass is 32.1. The smallest absolute Gasteiger partial charge is 0.391 e. The van der Waals surface area contributed by atoms with Crippen molar-refractivity contribution in [1.82, 2.24) is 19.7 Å². The van der Waals surface area contributed by atoms with Crippen LogP contribution in [0.25, 0.3) is 0 Å². The summed E-state index contributed by atoms with van der Waals surface area (Å²) >= 11 is 1.67. The summed E-state index contributed by atoms with van der Waals surface area (Å²) in [5, 5.41) is 9.07. The van der Waals surface area contributed by atoms with Gasteiger partial charge in [0.1, 0.15) is 13.2 Å². The zero-order valence-electron chi connectivity index (χ0n) is 20.5. The number of carbonyl (C=O) groups is 1. The Kier molecular flexibility index (Phi) is 7.32. The van der Waals surface area contributed by atoms with E-state index in [-0.39, 0.29) is 18.4 Å². The summed E-state index contributed by atoms with van der Waals surface area (Å²) in [5.74, 6) is 0.0243. The number of rotatable bonds is 6. The number of aryl methyl sites for hydroxylation is 2. The molecule has 1 aliphatic carbocycles. The number of hydrogen-bond acceptors (Lipinski definition) is 6. The number of likely N-dealkylation sites (tertiary alicyclic amines) is 1. The largest absolute Gasteiger partial charge is 0.435 e. The van der Waals surface area contributed by atoms with Gasteiger partial charge in [0.15, 0.2) is 5.69 Å². The van der Waals surface area contributed by atoms with Crippen LogP contribution in [0, 0.1) is 6.92 Å². The molecule has 3 aromatic rings. The Morgan fingerprint density at radius 1 is 1.19 bits per heavy atom. The van der Waals surface area contributed by atoms with Crippen LogP contribution in [-0.4, -0.2) is 44.4 Å². The molecule has 1 aliphatic heterocycles. The number of aromatic nitrogens is 3. The van der Waals surface area contributed by atoms with Crippen molar-refractivity contribution in [3.8, 4) is 0 Å². The van der Waals surface area contributed by atoms with Crippen molar-refractivity contribution in [2.45, 2.75) is 64.3 Å². The minimum atomic E-state index is -4.52. The molecular weight excluding hydrogens is 503 g/mol. The number of hydrogen-bond donors (Lipinski definition) is 0. The third-order valence-corrected chi connectivity index (χ3v) is 8.11. The van der Waals surface area contributed by atoms with Crippen LogP contribution in [-0.2, 0) is 35.4 Å². The number of oxime groups is 1. The molecule has 0 bridgehead atoms. The topological polar surface area (TPSA) is 72.6 Å².